The van der Waals surface area contributed by atoms with Crippen molar-refractivity contribution in [1.29, 1.82) is 0 Å². The van der Waals surface area contributed by atoms with E-state index in [4.69, 9.17) is 0 Å². The number of hydrogen-bond donors (Lipinski definition) is 2. The molecule has 1 aliphatic heterocycles. The zero-order valence-corrected chi connectivity index (χ0v) is 14.2. The zero-order valence-electron chi connectivity index (χ0n) is 13.4. The van der Waals surface area contributed by atoms with Gasteiger partial charge in [-0.3, -0.25) is 4.90 Å². The highest BCUT2D eigenvalue weighted by molar-refractivity contribution is 7.89. The molecule has 2 atom stereocenters. The number of sulfonamides is 1. The second kappa shape index (κ2) is 7.65. The van der Waals surface area contributed by atoms with E-state index in [-0.39, 0.29) is 17.8 Å². The van der Waals surface area contributed by atoms with Crippen molar-refractivity contribution in [2.24, 2.45) is 0 Å². The number of likely N-dealkylation sites (N-methyl/N-ethyl adjacent to an activating group) is 1. The molecule has 0 spiro atoms. The topological polar surface area (TPSA) is 61.4 Å². The van der Waals surface area contributed by atoms with Crippen molar-refractivity contribution in [1.82, 2.24) is 14.9 Å². The van der Waals surface area contributed by atoms with Crippen LogP contribution in [0.2, 0.25) is 0 Å². The van der Waals surface area contributed by atoms with Gasteiger partial charge in [0.2, 0.25) is 10.0 Å². The van der Waals surface area contributed by atoms with Crippen molar-refractivity contribution in [3.8, 4) is 0 Å². The number of halogens is 2. The maximum Gasteiger partial charge on any atom is 0.211 e. The molecule has 0 bridgehead atoms. The maximum absolute atomic E-state index is 13.5. The summed E-state index contributed by atoms with van der Waals surface area (Å²) in [7, 11) is -1.26. The Kier molecular flexibility index (Phi) is 6.07. The smallest absolute Gasteiger partial charge is 0.211 e. The highest BCUT2D eigenvalue weighted by Gasteiger charge is 2.33. The van der Waals surface area contributed by atoms with Crippen LogP contribution in [0.15, 0.2) is 18.2 Å². The molecule has 130 valence electrons. The second-order valence-electron chi connectivity index (χ2n) is 5.75. The van der Waals surface area contributed by atoms with Crippen LogP contribution in [0.5, 0.6) is 0 Å². The van der Waals surface area contributed by atoms with Gasteiger partial charge in [-0.25, -0.2) is 21.9 Å². The van der Waals surface area contributed by atoms with Gasteiger partial charge in [0.1, 0.15) is 0 Å². The van der Waals surface area contributed by atoms with Gasteiger partial charge in [0.05, 0.1) is 5.75 Å². The van der Waals surface area contributed by atoms with Crippen LogP contribution in [0.3, 0.4) is 0 Å². The van der Waals surface area contributed by atoms with E-state index in [1.807, 2.05) is 7.05 Å². The Morgan fingerprint density at radius 2 is 2.00 bits per heavy atom. The molecule has 1 saturated heterocycles. The lowest BCUT2D eigenvalue weighted by Gasteiger charge is -2.26. The number of nitrogens with zero attached hydrogens (tertiary/aromatic N) is 1. The summed E-state index contributed by atoms with van der Waals surface area (Å²) >= 11 is 0. The van der Waals surface area contributed by atoms with Crippen LogP contribution in [0.25, 0.3) is 0 Å². The summed E-state index contributed by atoms with van der Waals surface area (Å²) in [4.78, 5) is 2.08. The Hall–Kier alpha value is -1.09. The van der Waals surface area contributed by atoms with Gasteiger partial charge in [-0.05, 0) is 38.1 Å². The van der Waals surface area contributed by atoms with Gasteiger partial charge in [0, 0.05) is 31.7 Å². The molecule has 1 aromatic carbocycles. The van der Waals surface area contributed by atoms with Crippen LogP contribution < -0.4 is 10.0 Å². The molecule has 0 saturated carbocycles. The Balaban J connectivity index is 1.97. The van der Waals surface area contributed by atoms with Gasteiger partial charge in [-0.15, -0.1) is 0 Å². The predicted molar refractivity (Wildman–Crippen MR) is 85.6 cm³/mol. The lowest BCUT2D eigenvalue weighted by molar-refractivity contribution is 0.286. The fourth-order valence-corrected chi connectivity index (χ4v) is 3.53. The lowest BCUT2D eigenvalue weighted by Crippen LogP contribution is -2.40. The standard InChI is InChI=1S/C15H23F2N3O2S/c1-3-23(21,22)19-8-7-18-14-6-9-20(2)15(14)11-4-5-12(16)13(17)10-11/h4-5,10,14-15,18-19H,3,6-9H2,1-2H3/t14-,15+/m1/s1. The minimum absolute atomic E-state index is 0.0522. The Morgan fingerprint density at radius 3 is 2.65 bits per heavy atom. The van der Waals surface area contributed by atoms with Crippen molar-refractivity contribution in [3.63, 3.8) is 0 Å². The van der Waals surface area contributed by atoms with E-state index in [1.54, 1.807) is 13.0 Å². The Bertz CT molecular complexity index is 640. The Labute approximate surface area is 136 Å². The molecule has 1 fully saturated rings. The van der Waals surface area contributed by atoms with E-state index in [0.717, 1.165) is 24.6 Å². The molecule has 0 aliphatic carbocycles. The highest BCUT2D eigenvalue weighted by atomic mass is 32.2. The molecule has 0 amide bonds. The quantitative estimate of drug-likeness (QED) is 0.729. The zero-order chi connectivity index (χ0) is 17.0. The van der Waals surface area contributed by atoms with Crippen molar-refractivity contribution < 1.29 is 17.2 Å². The highest BCUT2D eigenvalue weighted by Crippen LogP contribution is 2.31. The van der Waals surface area contributed by atoms with Crippen LogP contribution in [0, 0.1) is 11.6 Å². The third-order valence-electron chi connectivity index (χ3n) is 4.17. The molecule has 0 unspecified atom stereocenters. The van der Waals surface area contributed by atoms with Crippen molar-refractivity contribution in [3.05, 3.63) is 35.4 Å². The average Bonchev–Trinajstić information content (AvgIpc) is 2.87. The summed E-state index contributed by atoms with van der Waals surface area (Å²) in [5.74, 6) is -1.65. The number of hydrogen-bond acceptors (Lipinski definition) is 4. The summed E-state index contributed by atoms with van der Waals surface area (Å²) in [5, 5.41) is 3.31. The summed E-state index contributed by atoms with van der Waals surface area (Å²) in [6.45, 7) is 3.21. The summed E-state index contributed by atoms with van der Waals surface area (Å²) in [6.07, 6.45) is 0.862. The SMILES string of the molecule is CCS(=O)(=O)NCCN[C@@H]1CCN(C)[C@H]1c1ccc(F)c(F)c1. The fourth-order valence-electron chi connectivity index (χ4n) is 2.91. The number of likely N-dealkylation sites (tertiary alicyclic amines) is 1. The molecule has 2 N–H and O–H groups in total. The molecule has 0 radical (unpaired) electrons. The third-order valence-corrected chi connectivity index (χ3v) is 5.57. The first-order valence-corrected chi connectivity index (χ1v) is 9.35. The maximum atomic E-state index is 13.5. The molecule has 1 aliphatic rings. The van der Waals surface area contributed by atoms with Gasteiger partial charge in [-0.2, -0.15) is 0 Å². The second-order valence-corrected chi connectivity index (χ2v) is 7.84. The van der Waals surface area contributed by atoms with Gasteiger partial charge in [-0.1, -0.05) is 6.07 Å². The molecule has 1 heterocycles. The van der Waals surface area contributed by atoms with E-state index in [1.165, 1.54) is 6.07 Å². The van der Waals surface area contributed by atoms with Crippen LogP contribution in [0.1, 0.15) is 24.9 Å². The molecular formula is C15H23F2N3O2S. The first kappa shape index (κ1) is 18.3. The van der Waals surface area contributed by atoms with Gasteiger partial charge in [0.15, 0.2) is 11.6 Å². The Morgan fingerprint density at radius 1 is 1.26 bits per heavy atom. The normalized spacial score (nSPS) is 22.6. The first-order valence-electron chi connectivity index (χ1n) is 7.70. The van der Waals surface area contributed by atoms with Crippen molar-refractivity contribution in [2.45, 2.75) is 25.4 Å². The molecule has 2 rings (SSSR count). The number of nitrogens with one attached hydrogen (secondary N) is 2. The summed E-state index contributed by atoms with van der Waals surface area (Å²) in [6, 6.07) is 3.97. The number of rotatable bonds is 7. The fraction of sp³-hybridized carbons (Fsp3) is 0.600. The number of benzene rings is 1. The third kappa shape index (κ3) is 4.69. The van der Waals surface area contributed by atoms with E-state index in [0.29, 0.717) is 13.1 Å². The lowest BCUT2D eigenvalue weighted by atomic mass is 10.00. The molecule has 1 aromatic rings. The van der Waals surface area contributed by atoms with Gasteiger partial charge in [0.25, 0.3) is 0 Å². The van der Waals surface area contributed by atoms with Crippen LogP contribution >= 0.6 is 0 Å². The van der Waals surface area contributed by atoms with E-state index in [9.17, 15) is 17.2 Å². The monoisotopic (exact) mass is 347 g/mol. The van der Waals surface area contributed by atoms with E-state index in [2.05, 4.69) is 14.9 Å². The van der Waals surface area contributed by atoms with Gasteiger partial charge < -0.3 is 5.32 Å². The minimum Gasteiger partial charge on any atom is -0.311 e. The van der Waals surface area contributed by atoms with Crippen LogP contribution in [-0.4, -0.2) is 51.8 Å². The first-order chi connectivity index (χ1) is 10.8. The molecular weight excluding hydrogens is 324 g/mol. The molecule has 23 heavy (non-hydrogen) atoms. The molecule has 0 aromatic heterocycles. The van der Waals surface area contributed by atoms with E-state index >= 15 is 0 Å². The van der Waals surface area contributed by atoms with Gasteiger partial charge >= 0.3 is 0 Å². The van der Waals surface area contributed by atoms with Crippen molar-refractivity contribution >= 4 is 10.0 Å². The molecule has 8 heteroatoms. The van der Waals surface area contributed by atoms with E-state index < -0.39 is 21.7 Å². The average molecular weight is 347 g/mol. The van der Waals surface area contributed by atoms with Crippen LogP contribution in [0.4, 0.5) is 8.78 Å². The predicted octanol–water partition coefficient (Wildman–Crippen LogP) is 1.24. The molecule has 5 nitrogen and oxygen atoms in total. The van der Waals surface area contributed by atoms with Crippen LogP contribution in [-0.2, 0) is 10.0 Å². The minimum atomic E-state index is -3.19. The summed E-state index contributed by atoms with van der Waals surface area (Å²) < 4.78 is 51.8. The largest absolute Gasteiger partial charge is 0.311 e. The van der Waals surface area contributed by atoms with Crippen molar-refractivity contribution in [2.75, 3.05) is 32.4 Å². The summed E-state index contributed by atoms with van der Waals surface area (Å²) in [5.41, 5.74) is 0.718.